The first kappa shape index (κ1) is 16.3. The molecule has 0 unspecified atom stereocenters. The maximum Gasteiger partial charge on any atom is 0.262 e. The predicted octanol–water partition coefficient (Wildman–Crippen LogP) is 4.52. The van der Waals surface area contributed by atoms with E-state index in [1.165, 1.54) is 0 Å². The highest BCUT2D eigenvalue weighted by molar-refractivity contribution is 14.1. The third kappa shape index (κ3) is 3.97. The Labute approximate surface area is 140 Å². The highest BCUT2D eigenvalue weighted by Gasteiger charge is 2.18. The molecule has 0 aliphatic heterocycles. The van der Waals surface area contributed by atoms with Gasteiger partial charge in [0.25, 0.3) is 10.0 Å². The van der Waals surface area contributed by atoms with Gasteiger partial charge in [-0.15, -0.1) is 0 Å². The van der Waals surface area contributed by atoms with Gasteiger partial charge in [-0.2, -0.15) is 0 Å². The lowest BCUT2D eigenvalue weighted by molar-refractivity contribution is 0.600. The van der Waals surface area contributed by atoms with E-state index in [4.69, 9.17) is 0 Å². The smallest absolute Gasteiger partial charge is 0.262 e. The number of hydrogen-bond acceptors (Lipinski definition) is 2. The Hall–Kier alpha value is -1.08. The molecule has 0 radical (unpaired) electrons. The fourth-order valence-corrected chi connectivity index (χ4v) is 3.69. The third-order valence-corrected chi connectivity index (χ3v) is 5.51. The molecule has 0 atom stereocenters. The van der Waals surface area contributed by atoms with Crippen molar-refractivity contribution in [3.8, 4) is 0 Å². The zero-order chi connectivity index (χ0) is 15.6. The molecule has 1 N–H and O–H groups in total. The van der Waals surface area contributed by atoms with E-state index < -0.39 is 10.0 Å². The van der Waals surface area contributed by atoms with Gasteiger partial charge in [0.05, 0.1) is 4.90 Å². The number of aryl methyl sites for hydroxylation is 1. The number of halogens is 1. The second-order valence-corrected chi connectivity index (χ2v) is 8.19. The van der Waals surface area contributed by atoms with E-state index in [0.717, 1.165) is 14.7 Å². The van der Waals surface area contributed by atoms with Gasteiger partial charge in [-0.1, -0.05) is 26.0 Å². The number of nitrogens with one attached hydrogen (secondary N) is 1. The molecule has 0 aliphatic rings. The molecule has 2 aromatic carbocycles. The van der Waals surface area contributed by atoms with Crippen LogP contribution in [-0.2, 0) is 10.0 Å². The summed E-state index contributed by atoms with van der Waals surface area (Å²) >= 11 is 2.18. The molecule has 3 nitrogen and oxygen atoms in total. The molecule has 5 heteroatoms. The molecule has 2 rings (SSSR count). The summed E-state index contributed by atoms with van der Waals surface area (Å²) in [5.74, 6) is 0.290. The number of anilines is 1. The average Bonchev–Trinajstić information content (AvgIpc) is 2.41. The Bertz CT molecular complexity index is 737. The lowest BCUT2D eigenvalue weighted by Gasteiger charge is -2.13. The Kier molecular flexibility index (Phi) is 4.93. The van der Waals surface area contributed by atoms with Crippen LogP contribution in [-0.4, -0.2) is 8.42 Å². The number of benzene rings is 2. The number of sulfonamides is 1. The first-order chi connectivity index (χ1) is 9.79. The number of rotatable bonds is 4. The maximum absolute atomic E-state index is 12.6. The van der Waals surface area contributed by atoms with Crippen LogP contribution in [0.3, 0.4) is 0 Å². The van der Waals surface area contributed by atoms with Crippen molar-refractivity contribution in [1.82, 2.24) is 0 Å². The average molecular weight is 415 g/mol. The van der Waals surface area contributed by atoms with Crippen molar-refractivity contribution >= 4 is 38.3 Å². The van der Waals surface area contributed by atoms with Crippen LogP contribution in [0, 0.1) is 10.5 Å². The van der Waals surface area contributed by atoms with Gasteiger partial charge in [-0.25, -0.2) is 8.42 Å². The molecule has 112 valence electrons. The van der Waals surface area contributed by atoms with Gasteiger partial charge in [0.1, 0.15) is 0 Å². The summed E-state index contributed by atoms with van der Waals surface area (Å²) in [5.41, 5.74) is 2.34. The second kappa shape index (κ2) is 6.36. The van der Waals surface area contributed by atoms with E-state index in [-0.39, 0.29) is 5.92 Å². The first-order valence-corrected chi connectivity index (χ1v) is 9.25. The van der Waals surface area contributed by atoms with Crippen LogP contribution in [0.1, 0.15) is 30.9 Å². The van der Waals surface area contributed by atoms with Gasteiger partial charge in [-0.05, 0) is 76.9 Å². The minimum absolute atomic E-state index is 0.290. The summed E-state index contributed by atoms with van der Waals surface area (Å²) in [7, 11) is -3.57. The van der Waals surface area contributed by atoms with Gasteiger partial charge < -0.3 is 0 Å². The van der Waals surface area contributed by atoms with Gasteiger partial charge in [0.15, 0.2) is 0 Å². The monoisotopic (exact) mass is 415 g/mol. The Morgan fingerprint density at radius 1 is 1.05 bits per heavy atom. The molecule has 0 aromatic heterocycles. The topological polar surface area (TPSA) is 46.2 Å². The summed E-state index contributed by atoms with van der Waals surface area (Å²) in [4.78, 5) is 0.340. The van der Waals surface area contributed by atoms with Crippen LogP contribution in [0.5, 0.6) is 0 Å². The molecular weight excluding hydrogens is 397 g/mol. The van der Waals surface area contributed by atoms with Crippen LogP contribution in [0.2, 0.25) is 0 Å². The Morgan fingerprint density at radius 2 is 1.67 bits per heavy atom. The fourth-order valence-electron chi connectivity index (χ4n) is 1.99. The van der Waals surface area contributed by atoms with Crippen molar-refractivity contribution in [1.29, 1.82) is 0 Å². The normalized spacial score (nSPS) is 11.7. The van der Waals surface area contributed by atoms with E-state index in [1.54, 1.807) is 18.2 Å². The Morgan fingerprint density at radius 3 is 2.24 bits per heavy atom. The molecule has 0 saturated carbocycles. The molecule has 0 aliphatic carbocycles. The summed E-state index contributed by atoms with van der Waals surface area (Å²) in [6.45, 7) is 5.91. The zero-order valence-corrected chi connectivity index (χ0v) is 15.2. The van der Waals surface area contributed by atoms with Crippen molar-refractivity contribution in [3.05, 3.63) is 57.2 Å². The van der Waals surface area contributed by atoms with Crippen molar-refractivity contribution in [2.45, 2.75) is 31.6 Å². The largest absolute Gasteiger partial charge is 0.280 e. The predicted molar refractivity (Wildman–Crippen MR) is 95.2 cm³/mol. The lowest BCUT2D eigenvalue weighted by atomic mass is 10.0. The minimum atomic E-state index is -3.57. The van der Waals surface area contributed by atoms with E-state index in [9.17, 15) is 8.42 Å². The molecule has 0 amide bonds. The molecule has 0 heterocycles. The van der Waals surface area contributed by atoms with Crippen LogP contribution in [0.25, 0.3) is 0 Å². The maximum atomic E-state index is 12.6. The van der Waals surface area contributed by atoms with Crippen LogP contribution < -0.4 is 4.72 Å². The van der Waals surface area contributed by atoms with Crippen LogP contribution in [0.4, 0.5) is 5.69 Å². The van der Waals surface area contributed by atoms with Gasteiger partial charge in [0, 0.05) is 9.26 Å². The lowest BCUT2D eigenvalue weighted by Crippen LogP contribution is -2.14. The molecule has 0 fully saturated rings. The van der Waals surface area contributed by atoms with Crippen LogP contribution in [0.15, 0.2) is 47.4 Å². The van der Waals surface area contributed by atoms with Crippen molar-refractivity contribution in [2.24, 2.45) is 0 Å². The van der Waals surface area contributed by atoms with Crippen LogP contribution >= 0.6 is 22.6 Å². The molecule has 0 spiro atoms. The SMILES string of the molecule is Cc1ccc(C(C)C)cc1S(=O)(=O)Nc1ccc(I)cc1. The molecule has 21 heavy (non-hydrogen) atoms. The number of hydrogen-bond donors (Lipinski definition) is 1. The zero-order valence-electron chi connectivity index (χ0n) is 12.2. The van der Waals surface area contributed by atoms with E-state index in [0.29, 0.717) is 10.6 Å². The first-order valence-electron chi connectivity index (χ1n) is 6.68. The van der Waals surface area contributed by atoms with Gasteiger partial charge in [-0.3, -0.25) is 4.72 Å². The van der Waals surface area contributed by atoms with Gasteiger partial charge >= 0.3 is 0 Å². The molecule has 0 saturated heterocycles. The van der Waals surface area contributed by atoms with E-state index in [2.05, 4.69) is 27.3 Å². The van der Waals surface area contributed by atoms with Gasteiger partial charge in [0.2, 0.25) is 0 Å². The Balaban J connectivity index is 2.39. The van der Waals surface area contributed by atoms with E-state index >= 15 is 0 Å². The second-order valence-electron chi connectivity index (χ2n) is 5.29. The highest BCUT2D eigenvalue weighted by atomic mass is 127. The van der Waals surface area contributed by atoms with Crippen molar-refractivity contribution in [3.63, 3.8) is 0 Å². The summed E-state index contributed by atoms with van der Waals surface area (Å²) < 4.78 is 28.8. The fraction of sp³-hybridized carbons (Fsp3) is 0.250. The van der Waals surface area contributed by atoms with Crippen molar-refractivity contribution < 1.29 is 8.42 Å². The van der Waals surface area contributed by atoms with E-state index in [1.807, 2.05) is 45.0 Å². The minimum Gasteiger partial charge on any atom is -0.280 e. The quantitative estimate of drug-likeness (QED) is 0.747. The summed E-state index contributed by atoms with van der Waals surface area (Å²) in [5, 5.41) is 0. The molecule has 0 bridgehead atoms. The third-order valence-electron chi connectivity index (χ3n) is 3.26. The highest BCUT2D eigenvalue weighted by Crippen LogP contribution is 2.24. The summed E-state index contributed by atoms with van der Waals surface area (Å²) in [6, 6.07) is 12.9. The van der Waals surface area contributed by atoms with Crippen molar-refractivity contribution in [2.75, 3.05) is 4.72 Å². The standard InChI is InChI=1S/C16H18INO2S/c1-11(2)13-5-4-12(3)16(10-13)21(19,20)18-15-8-6-14(17)7-9-15/h4-11,18H,1-3H3. The summed E-state index contributed by atoms with van der Waals surface area (Å²) in [6.07, 6.45) is 0. The molecule has 2 aromatic rings. The molecular formula is C16H18INO2S.